The van der Waals surface area contributed by atoms with E-state index in [-0.39, 0.29) is 27.7 Å². The molecule has 1 aliphatic rings. The number of nitrogens with zero attached hydrogens (tertiary/aromatic N) is 2. The highest BCUT2D eigenvalue weighted by Gasteiger charge is 2.33. The van der Waals surface area contributed by atoms with Crippen LogP contribution in [0.15, 0.2) is 53.2 Å². The van der Waals surface area contributed by atoms with Crippen molar-refractivity contribution >= 4 is 35.2 Å². The molecule has 27 heavy (non-hydrogen) atoms. The summed E-state index contributed by atoms with van der Waals surface area (Å²) in [5.74, 6) is -1.24. The van der Waals surface area contributed by atoms with Gasteiger partial charge in [-0.3, -0.25) is 10.1 Å². The van der Waals surface area contributed by atoms with Crippen molar-refractivity contribution in [1.29, 1.82) is 0 Å². The quantitative estimate of drug-likeness (QED) is 0.328. The van der Waals surface area contributed by atoms with Crippen LogP contribution in [0.1, 0.15) is 16.7 Å². The highest BCUT2D eigenvalue weighted by molar-refractivity contribution is 6.32. The number of carbonyl (C=O) groups excluding carboxylic acids is 1. The smallest absolute Gasteiger partial charge is 0.402 e. The molecule has 2 aromatic carbocycles. The normalized spacial score (nSPS) is 15.6. The van der Waals surface area contributed by atoms with Crippen LogP contribution in [-0.4, -0.2) is 16.8 Å². The van der Waals surface area contributed by atoms with Gasteiger partial charge in [0.25, 0.3) is 5.69 Å². The van der Waals surface area contributed by atoms with E-state index in [1.165, 1.54) is 30.3 Å². The number of nitro benzene ring substituents is 1. The van der Waals surface area contributed by atoms with E-state index in [4.69, 9.17) is 16.3 Å². The molecule has 0 spiro atoms. The average molecular weight is 397 g/mol. The van der Waals surface area contributed by atoms with E-state index in [0.29, 0.717) is 0 Å². The summed E-state index contributed by atoms with van der Waals surface area (Å²) < 4.78 is 44.1. The number of ether oxygens (including phenoxy) is 1. The summed E-state index contributed by atoms with van der Waals surface area (Å²) in [7, 11) is 0. The molecule has 6 nitrogen and oxygen atoms in total. The second-order valence-corrected chi connectivity index (χ2v) is 5.75. The Balaban J connectivity index is 2.02. The number of hydrogen-bond acceptors (Lipinski definition) is 5. The summed E-state index contributed by atoms with van der Waals surface area (Å²) in [6.45, 7) is 0. The Morgan fingerprint density at radius 1 is 1.19 bits per heavy atom. The summed E-state index contributed by atoms with van der Waals surface area (Å²) in [5, 5.41) is 10.8. The molecule has 0 unspecified atom stereocenters. The number of carbonyl (C=O) groups is 1. The molecule has 0 fully saturated rings. The van der Waals surface area contributed by atoms with Crippen LogP contribution in [0.4, 0.5) is 18.9 Å². The van der Waals surface area contributed by atoms with Gasteiger partial charge in [0.05, 0.1) is 10.5 Å². The molecule has 0 aliphatic carbocycles. The van der Waals surface area contributed by atoms with Gasteiger partial charge in [0.1, 0.15) is 5.02 Å². The van der Waals surface area contributed by atoms with Gasteiger partial charge < -0.3 is 4.74 Å². The Morgan fingerprint density at radius 3 is 2.56 bits per heavy atom. The van der Waals surface area contributed by atoms with Gasteiger partial charge >= 0.3 is 12.1 Å². The Bertz CT molecular complexity index is 1020. The van der Waals surface area contributed by atoms with Crippen molar-refractivity contribution in [2.24, 2.45) is 4.99 Å². The number of rotatable bonds is 3. The maximum atomic E-state index is 13.1. The summed E-state index contributed by atoms with van der Waals surface area (Å²) in [6.07, 6.45) is -3.66. The Hall–Kier alpha value is -3.20. The van der Waals surface area contributed by atoms with Crippen molar-refractivity contribution in [3.63, 3.8) is 0 Å². The molecule has 10 heteroatoms. The van der Waals surface area contributed by atoms with E-state index in [2.05, 4.69) is 4.99 Å². The zero-order valence-corrected chi connectivity index (χ0v) is 13.9. The topological polar surface area (TPSA) is 81.8 Å². The molecule has 2 aromatic rings. The van der Waals surface area contributed by atoms with E-state index in [1.807, 2.05) is 0 Å². The molecule has 0 atom stereocenters. The predicted molar refractivity (Wildman–Crippen MR) is 90.2 cm³/mol. The molecule has 3 rings (SSSR count). The van der Waals surface area contributed by atoms with Gasteiger partial charge in [-0.25, -0.2) is 9.79 Å². The van der Waals surface area contributed by atoms with Crippen molar-refractivity contribution in [2.45, 2.75) is 6.18 Å². The summed E-state index contributed by atoms with van der Waals surface area (Å²) in [4.78, 5) is 26.0. The number of hydrogen-bond donors (Lipinski definition) is 0. The minimum absolute atomic E-state index is 0.0898. The molecular formula is C17H8ClF3N2O4. The minimum atomic E-state index is -4.61. The molecule has 0 saturated carbocycles. The summed E-state index contributed by atoms with van der Waals surface area (Å²) >= 11 is 5.72. The fourth-order valence-corrected chi connectivity index (χ4v) is 2.53. The van der Waals surface area contributed by atoms with Gasteiger partial charge in [0, 0.05) is 11.6 Å². The first kappa shape index (κ1) is 18.6. The number of nitro groups is 1. The minimum Gasteiger partial charge on any atom is -0.402 e. The van der Waals surface area contributed by atoms with Crippen LogP contribution in [0.5, 0.6) is 0 Å². The van der Waals surface area contributed by atoms with Crippen LogP contribution in [-0.2, 0) is 15.7 Å². The third-order valence-corrected chi connectivity index (χ3v) is 3.89. The lowest BCUT2D eigenvalue weighted by Gasteiger charge is -2.09. The lowest BCUT2D eigenvalue weighted by atomic mass is 10.1. The largest absolute Gasteiger partial charge is 0.416 e. The van der Waals surface area contributed by atoms with Gasteiger partial charge in [-0.2, -0.15) is 13.2 Å². The molecule has 0 bridgehead atoms. The van der Waals surface area contributed by atoms with Gasteiger partial charge in [-0.05, 0) is 29.8 Å². The van der Waals surface area contributed by atoms with Gasteiger partial charge in [0.15, 0.2) is 5.70 Å². The molecule has 138 valence electrons. The Labute approximate surface area is 154 Å². The number of halogens is 4. The molecule has 0 N–H and O–H groups in total. The average Bonchev–Trinajstić information content (AvgIpc) is 2.95. The van der Waals surface area contributed by atoms with Crippen molar-refractivity contribution in [3.8, 4) is 0 Å². The second-order valence-electron chi connectivity index (χ2n) is 5.34. The fourth-order valence-electron chi connectivity index (χ4n) is 2.35. The predicted octanol–water partition coefficient (Wildman–Crippen LogP) is 4.61. The summed E-state index contributed by atoms with van der Waals surface area (Å²) in [5.41, 5.74) is -1.89. The van der Waals surface area contributed by atoms with Gasteiger partial charge in [-0.15, -0.1) is 0 Å². The second kappa shape index (κ2) is 6.84. The van der Waals surface area contributed by atoms with Crippen LogP contribution in [0.25, 0.3) is 6.08 Å². The molecule has 0 amide bonds. The van der Waals surface area contributed by atoms with Crippen molar-refractivity contribution in [3.05, 3.63) is 80.0 Å². The SMILES string of the molecule is O=C1OC(c2ccc(Cl)c([N+](=O)[O-])c2)=N/C1=C\c1ccccc1C(F)(F)F. The van der Waals surface area contributed by atoms with Crippen molar-refractivity contribution < 1.29 is 27.6 Å². The molecule has 1 aliphatic heterocycles. The highest BCUT2D eigenvalue weighted by Crippen LogP contribution is 2.33. The number of cyclic esters (lactones) is 1. The first-order valence-electron chi connectivity index (χ1n) is 7.30. The molecule has 1 heterocycles. The Kier molecular flexibility index (Phi) is 4.71. The maximum Gasteiger partial charge on any atom is 0.416 e. The number of alkyl halides is 3. The van der Waals surface area contributed by atoms with Crippen molar-refractivity contribution in [2.75, 3.05) is 0 Å². The van der Waals surface area contributed by atoms with Crippen LogP contribution in [0, 0.1) is 10.1 Å². The fraction of sp³-hybridized carbons (Fsp3) is 0.0588. The maximum absolute atomic E-state index is 13.1. The lowest BCUT2D eigenvalue weighted by Crippen LogP contribution is -2.08. The number of aliphatic imine (C=N–C) groups is 1. The third kappa shape index (κ3) is 3.82. The number of esters is 1. The zero-order valence-electron chi connectivity index (χ0n) is 13.2. The van der Waals surface area contributed by atoms with E-state index in [0.717, 1.165) is 18.2 Å². The Morgan fingerprint density at radius 2 is 1.89 bits per heavy atom. The van der Waals surface area contributed by atoms with Crippen molar-refractivity contribution in [1.82, 2.24) is 0 Å². The monoisotopic (exact) mass is 396 g/mol. The van der Waals surface area contributed by atoms with E-state index < -0.39 is 28.3 Å². The zero-order chi connectivity index (χ0) is 19.8. The van der Waals surface area contributed by atoms with Crippen LogP contribution in [0.3, 0.4) is 0 Å². The molecular weight excluding hydrogens is 389 g/mol. The van der Waals surface area contributed by atoms with Crippen LogP contribution >= 0.6 is 11.6 Å². The van der Waals surface area contributed by atoms with Gasteiger partial charge in [0.2, 0.25) is 5.90 Å². The van der Waals surface area contributed by atoms with E-state index in [9.17, 15) is 28.1 Å². The van der Waals surface area contributed by atoms with Crippen LogP contribution < -0.4 is 0 Å². The number of benzene rings is 2. The van der Waals surface area contributed by atoms with E-state index >= 15 is 0 Å². The molecule has 0 saturated heterocycles. The highest BCUT2D eigenvalue weighted by atomic mass is 35.5. The van der Waals surface area contributed by atoms with Gasteiger partial charge in [-0.1, -0.05) is 29.8 Å². The van der Waals surface area contributed by atoms with E-state index in [1.54, 1.807) is 0 Å². The third-order valence-electron chi connectivity index (χ3n) is 3.57. The molecule has 0 aromatic heterocycles. The summed E-state index contributed by atoms with van der Waals surface area (Å²) in [6, 6.07) is 8.29. The first-order chi connectivity index (χ1) is 12.7. The lowest BCUT2D eigenvalue weighted by molar-refractivity contribution is -0.384. The van der Waals surface area contributed by atoms with Crippen LogP contribution in [0.2, 0.25) is 5.02 Å². The first-order valence-corrected chi connectivity index (χ1v) is 7.67. The standard InChI is InChI=1S/C17H8ClF3N2O4/c18-12-6-5-10(8-14(12)23(25)26)15-22-13(16(24)27-15)7-9-3-1-2-4-11(9)17(19,20)21/h1-8H/b13-7-. The molecule has 0 radical (unpaired) electrons.